The normalized spacial score (nSPS) is 18.9. The molecule has 4 nitrogen and oxygen atoms in total. The summed E-state index contributed by atoms with van der Waals surface area (Å²) in [5, 5.41) is 8.36. The second-order valence-corrected chi connectivity index (χ2v) is 9.98. The smallest absolute Gasteiger partial charge is 0.155 e. The number of nitrogens with zero attached hydrogens (tertiary/aromatic N) is 2. The van der Waals surface area contributed by atoms with Gasteiger partial charge in [0, 0.05) is 37.3 Å². The van der Waals surface area contributed by atoms with Crippen molar-refractivity contribution < 1.29 is 30.0 Å². The van der Waals surface area contributed by atoms with Crippen molar-refractivity contribution in [3.05, 3.63) is 71.1 Å². The van der Waals surface area contributed by atoms with Crippen LogP contribution in [0.15, 0.2) is 48.2 Å². The third-order valence-electron chi connectivity index (χ3n) is 6.30. The van der Waals surface area contributed by atoms with Gasteiger partial charge >= 0.3 is 0 Å². The van der Waals surface area contributed by atoms with Crippen molar-refractivity contribution in [2.24, 2.45) is 0 Å². The molecule has 5 heteroatoms. The maximum atomic E-state index is 10.0. The molecule has 0 saturated heterocycles. The van der Waals surface area contributed by atoms with E-state index in [2.05, 4.69) is 51.1 Å². The molecular formula is C28H31IrN2O2-. The summed E-state index contributed by atoms with van der Waals surface area (Å²) in [4.78, 5) is 20.2. The van der Waals surface area contributed by atoms with Crippen molar-refractivity contribution in [3.63, 3.8) is 0 Å². The van der Waals surface area contributed by atoms with Crippen LogP contribution in [0.4, 0.5) is 0 Å². The van der Waals surface area contributed by atoms with Gasteiger partial charge in [0.15, 0.2) is 5.78 Å². The second-order valence-electron chi connectivity index (χ2n) is 9.98. The average Bonchev–Trinajstić information content (AvgIpc) is 3.35. The van der Waals surface area contributed by atoms with Crippen molar-refractivity contribution in [2.45, 2.75) is 71.1 Å². The van der Waals surface area contributed by atoms with Crippen LogP contribution in [0.2, 0.25) is 0 Å². The number of allylic oxidation sites excluding steroid dienone is 2. The van der Waals surface area contributed by atoms with Gasteiger partial charge in [0.1, 0.15) is 0 Å². The van der Waals surface area contributed by atoms with E-state index in [1.807, 2.05) is 12.1 Å². The molecule has 1 saturated carbocycles. The standard InChI is InChI=1S/C23H23N2.C5H8O2.Ir/c1-23(2,3)18-12-11-17-22(25-18)20-16-10-9-15(13-16)19(20)21(24-17)14-7-5-4-6-8-14;1-4(6)3-5(2)7;/h4-7,11-12,15-16H,9-10,13H2,1-3H3;3,6H,1-2H3;/q-1;;. The Hall–Kier alpha value is -2.36. The van der Waals surface area contributed by atoms with Crippen LogP contribution in [-0.4, -0.2) is 20.9 Å². The van der Waals surface area contributed by atoms with Gasteiger partial charge in [-0.2, -0.15) is 0 Å². The molecule has 1 fully saturated rings. The molecule has 2 aliphatic carbocycles. The predicted octanol–water partition coefficient (Wildman–Crippen LogP) is 6.79. The maximum absolute atomic E-state index is 10.0. The molecular weight excluding hydrogens is 589 g/mol. The number of aromatic nitrogens is 2. The molecule has 1 radical (unpaired) electrons. The Morgan fingerprint density at radius 2 is 1.76 bits per heavy atom. The van der Waals surface area contributed by atoms with Gasteiger partial charge in [-0.1, -0.05) is 26.3 Å². The first-order chi connectivity index (χ1) is 15.1. The molecule has 5 rings (SSSR count). The van der Waals surface area contributed by atoms with E-state index < -0.39 is 0 Å². The van der Waals surface area contributed by atoms with Crippen molar-refractivity contribution in [1.82, 2.24) is 9.97 Å². The van der Waals surface area contributed by atoms with Crippen LogP contribution in [-0.2, 0) is 30.3 Å². The van der Waals surface area contributed by atoms with Crippen molar-refractivity contribution >= 4 is 16.8 Å². The number of fused-ring (bicyclic) bond motifs is 7. The monoisotopic (exact) mass is 620 g/mol. The van der Waals surface area contributed by atoms with Gasteiger partial charge < -0.3 is 5.11 Å². The topological polar surface area (TPSA) is 63.1 Å². The molecule has 3 aromatic rings. The van der Waals surface area contributed by atoms with Crippen LogP contribution in [0.25, 0.3) is 22.3 Å². The van der Waals surface area contributed by atoms with Gasteiger partial charge in [-0.3, -0.25) is 14.8 Å². The maximum Gasteiger partial charge on any atom is 0.155 e. The van der Waals surface area contributed by atoms with E-state index in [1.165, 1.54) is 50.3 Å². The number of benzene rings is 1. The molecule has 1 N–H and O–H groups in total. The number of ketones is 1. The molecule has 0 aliphatic heterocycles. The van der Waals surface area contributed by atoms with E-state index in [1.54, 1.807) is 0 Å². The third kappa shape index (κ3) is 5.26. The average molecular weight is 620 g/mol. The van der Waals surface area contributed by atoms with Crippen molar-refractivity contribution in [2.75, 3.05) is 0 Å². The van der Waals surface area contributed by atoms with Gasteiger partial charge in [-0.15, -0.1) is 35.9 Å². The van der Waals surface area contributed by atoms with Gasteiger partial charge in [-0.25, -0.2) is 0 Å². The van der Waals surface area contributed by atoms with Gasteiger partial charge in [0.25, 0.3) is 0 Å². The number of aliphatic hydroxyl groups excluding tert-OH is 1. The molecule has 2 aromatic heterocycles. The fourth-order valence-electron chi connectivity index (χ4n) is 4.97. The zero-order valence-electron chi connectivity index (χ0n) is 19.9. The molecule has 175 valence electrons. The number of pyridine rings is 2. The predicted molar refractivity (Wildman–Crippen MR) is 129 cm³/mol. The van der Waals surface area contributed by atoms with Crippen molar-refractivity contribution in [1.29, 1.82) is 0 Å². The summed E-state index contributed by atoms with van der Waals surface area (Å²) in [6.45, 7) is 9.54. The largest absolute Gasteiger partial charge is 0.512 e. The summed E-state index contributed by atoms with van der Waals surface area (Å²) < 4.78 is 0. The zero-order chi connectivity index (χ0) is 23.0. The Bertz CT molecular complexity index is 1190. The molecule has 2 bridgehead atoms. The molecule has 1 aromatic carbocycles. The Labute approximate surface area is 209 Å². The fraction of sp³-hybridized carbons (Fsp3) is 0.393. The van der Waals surface area contributed by atoms with Crippen LogP contribution < -0.4 is 0 Å². The first kappa shape index (κ1) is 25.3. The first-order valence-corrected chi connectivity index (χ1v) is 11.3. The van der Waals surface area contributed by atoms with E-state index in [0.29, 0.717) is 11.8 Å². The minimum atomic E-state index is -0.125. The molecule has 33 heavy (non-hydrogen) atoms. The van der Waals surface area contributed by atoms with E-state index in [0.717, 1.165) is 28.0 Å². The fourth-order valence-corrected chi connectivity index (χ4v) is 4.97. The minimum absolute atomic E-state index is 0. The Morgan fingerprint density at radius 3 is 2.30 bits per heavy atom. The summed E-state index contributed by atoms with van der Waals surface area (Å²) in [5.74, 6) is 1.25. The quantitative estimate of drug-likeness (QED) is 0.195. The SMILES string of the molecule is CC(=O)C=C(C)O.CC(C)(C)c1ccc2nc(-c3[c-]cccc3)c3c(c2n1)C1CCC3C1.[Ir]. The molecule has 2 atom stereocenters. The number of carbonyl (C=O) groups is 1. The molecule has 2 unspecified atom stereocenters. The van der Waals surface area contributed by atoms with Gasteiger partial charge in [0.05, 0.1) is 16.8 Å². The second kappa shape index (κ2) is 9.87. The van der Waals surface area contributed by atoms with Gasteiger partial charge in [0.2, 0.25) is 0 Å². The number of aliphatic hydroxyl groups is 1. The minimum Gasteiger partial charge on any atom is -0.512 e. The summed E-state index contributed by atoms with van der Waals surface area (Å²) in [6.07, 6.45) is 5.04. The summed E-state index contributed by atoms with van der Waals surface area (Å²) in [7, 11) is 0. The zero-order valence-corrected chi connectivity index (χ0v) is 22.3. The van der Waals surface area contributed by atoms with Gasteiger partial charge in [-0.05, 0) is 68.3 Å². The summed E-state index contributed by atoms with van der Waals surface area (Å²) in [5.41, 5.74) is 8.61. The van der Waals surface area contributed by atoms with Crippen LogP contribution in [0, 0.1) is 6.07 Å². The first-order valence-electron chi connectivity index (χ1n) is 11.3. The van der Waals surface area contributed by atoms with E-state index >= 15 is 0 Å². The van der Waals surface area contributed by atoms with Crippen LogP contribution in [0.3, 0.4) is 0 Å². The molecule has 2 aliphatic rings. The summed E-state index contributed by atoms with van der Waals surface area (Å²) in [6, 6.07) is 15.9. The number of hydrogen-bond acceptors (Lipinski definition) is 4. The molecule has 0 amide bonds. The van der Waals surface area contributed by atoms with E-state index in [4.69, 9.17) is 15.1 Å². The molecule has 0 spiro atoms. The van der Waals surface area contributed by atoms with E-state index in [9.17, 15) is 4.79 Å². The Balaban J connectivity index is 0.000000337. The summed E-state index contributed by atoms with van der Waals surface area (Å²) >= 11 is 0. The van der Waals surface area contributed by atoms with Crippen molar-refractivity contribution in [3.8, 4) is 11.3 Å². The van der Waals surface area contributed by atoms with Crippen LogP contribution in [0.1, 0.15) is 82.5 Å². The third-order valence-corrected chi connectivity index (χ3v) is 6.30. The number of carbonyl (C=O) groups excluding carboxylic acids is 1. The van der Waals surface area contributed by atoms with E-state index in [-0.39, 0.29) is 37.1 Å². The Morgan fingerprint density at radius 1 is 1.06 bits per heavy atom. The number of hydrogen-bond donors (Lipinski definition) is 1. The molecule has 2 heterocycles. The number of rotatable bonds is 2. The Kier molecular flexibility index (Phi) is 7.55. The van der Waals surface area contributed by atoms with Crippen LogP contribution >= 0.6 is 0 Å². The van der Waals surface area contributed by atoms with Crippen LogP contribution in [0.5, 0.6) is 0 Å².